The van der Waals surface area contributed by atoms with Gasteiger partial charge in [0, 0.05) is 16.5 Å². The van der Waals surface area contributed by atoms with E-state index in [1.807, 2.05) is 0 Å². The molecule has 0 N–H and O–H groups in total. The van der Waals surface area contributed by atoms with Gasteiger partial charge in [0.25, 0.3) is 6.43 Å². The van der Waals surface area contributed by atoms with E-state index in [1.54, 1.807) is 12.1 Å². The number of ketones is 1. The van der Waals surface area contributed by atoms with E-state index >= 15 is 0 Å². The van der Waals surface area contributed by atoms with Crippen LogP contribution in [-0.2, 0) is 16.0 Å². The Hall–Kier alpha value is -1.30. The highest BCUT2D eigenvalue weighted by atomic mass is 79.9. The van der Waals surface area contributed by atoms with Crippen LogP contribution < -0.4 is 0 Å². The standard InChI is InChI=1S/C13H11BrF2O3/c1-2-19-12(18)13(11(15)16)6-7-5-8(14)3-4-9(7)10(13)17/h3-5,11H,2,6H2,1H3. The van der Waals surface area contributed by atoms with Gasteiger partial charge < -0.3 is 4.74 Å². The van der Waals surface area contributed by atoms with Crippen LogP contribution in [0.3, 0.4) is 0 Å². The second-order valence-electron chi connectivity index (χ2n) is 4.30. The van der Waals surface area contributed by atoms with Crippen LogP contribution in [0.1, 0.15) is 22.8 Å². The van der Waals surface area contributed by atoms with Gasteiger partial charge in [0.2, 0.25) is 0 Å². The van der Waals surface area contributed by atoms with Crippen LogP contribution in [0.15, 0.2) is 22.7 Å². The summed E-state index contributed by atoms with van der Waals surface area (Å²) in [6.07, 6.45) is -3.41. The minimum absolute atomic E-state index is 0.0410. The summed E-state index contributed by atoms with van der Waals surface area (Å²) >= 11 is 3.21. The number of benzene rings is 1. The van der Waals surface area contributed by atoms with Crippen molar-refractivity contribution in [1.29, 1.82) is 0 Å². The Morgan fingerprint density at radius 3 is 2.79 bits per heavy atom. The molecule has 6 heteroatoms. The molecule has 1 aliphatic rings. The molecule has 0 aliphatic heterocycles. The van der Waals surface area contributed by atoms with Gasteiger partial charge in [0.05, 0.1) is 6.61 Å². The zero-order chi connectivity index (χ0) is 14.2. The molecule has 0 saturated heterocycles. The molecular weight excluding hydrogens is 322 g/mol. The molecule has 1 aromatic rings. The van der Waals surface area contributed by atoms with Gasteiger partial charge in [0.15, 0.2) is 11.2 Å². The lowest BCUT2D eigenvalue weighted by molar-refractivity contribution is -0.159. The summed E-state index contributed by atoms with van der Waals surface area (Å²) in [5.41, 5.74) is -1.79. The van der Waals surface area contributed by atoms with Gasteiger partial charge in [-0.2, -0.15) is 0 Å². The molecule has 102 valence electrons. The van der Waals surface area contributed by atoms with Crippen LogP contribution in [0.5, 0.6) is 0 Å². The van der Waals surface area contributed by atoms with Crippen molar-refractivity contribution in [3.05, 3.63) is 33.8 Å². The first-order valence-corrected chi connectivity index (χ1v) is 6.51. The molecular formula is C13H11BrF2O3. The summed E-state index contributed by atoms with van der Waals surface area (Å²) in [5, 5.41) is 0. The van der Waals surface area contributed by atoms with E-state index in [9.17, 15) is 18.4 Å². The Labute approximate surface area is 117 Å². The number of carbonyl (C=O) groups excluding carboxylic acids is 2. The van der Waals surface area contributed by atoms with Crippen LogP contribution in [0.25, 0.3) is 0 Å². The molecule has 0 saturated carbocycles. The number of hydrogen-bond acceptors (Lipinski definition) is 3. The van der Waals surface area contributed by atoms with E-state index in [0.29, 0.717) is 10.0 Å². The molecule has 0 fully saturated rings. The normalized spacial score (nSPS) is 21.6. The maximum atomic E-state index is 13.4. The summed E-state index contributed by atoms with van der Waals surface area (Å²) in [6.45, 7) is 1.47. The molecule has 1 unspecified atom stereocenters. The Morgan fingerprint density at radius 1 is 1.53 bits per heavy atom. The zero-order valence-electron chi connectivity index (χ0n) is 10.1. The number of esters is 1. The van der Waals surface area contributed by atoms with Crippen molar-refractivity contribution in [2.45, 2.75) is 19.8 Å². The first-order valence-electron chi connectivity index (χ1n) is 5.72. The highest BCUT2D eigenvalue weighted by Gasteiger charge is 2.59. The third-order valence-electron chi connectivity index (χ3n) is 3.20. The van der Waals surface area contributed by atoms with E-state index < -0.39 is 23.6 Å². The van der Waals surface area contributed by atoms with E-state index in [1.165, 1.54) is 13.0 Å². The molecule has 1 atom stereocenters. The lowest BCUT2D eigenvalue weighted by atomic mass is 9.84. The van der Waals surface area contributed by atoms with Crippen molar-refractivity contribution < 1.29 is 23.1 Å². The third-order valence-corrected chi connectivity index (χ3v) is 3.69. The number of hydrogen-bond donors (Lipinski definition) is 0. The number of fused-ring (bicyclic) bond motifs is 1. The fraction of sp³-hybridized carbons (Fsp3) is 0.385. The summed E-state index contributed by atoms with van der Waals surface area (Å²) in [7, 11) is 0. The second-order valence-corrected chi connectivity index (χ2v) is 5.22. The second kappa shape index (κ2) is 5.00. The maximum absolute atomic E-state index is 13.4. The molecule has 0 amide bonds. The number of Topliss-reactive ketones (excluding diaryl/α,β-unsaturated/α-hetero) is 1. The molecule has 3 nitrogen and oxygen atoms in total. The van der Waals surface area contributed by atoms with Crippen molar-refractivity contribution in [3.63, 3.8) is 0 Å². The van der Waals surface area contributed by atoms with Crippen LogP contribution in [0.2, 0.25) is 0 Å². The van der Waals surface area contributed by atoms with E-state index in [-0.39, 0.29) is 18.6 Å². The number of carbonyl (C=O) groups is 2. The van der Waals surface area contributed by atoms with Gasteiger partial charge in [0.1, 0.15) is 0 Å². The molecule has 0 aromatic heterocycles. The predicted octanol–water partition coefficient (Wildman–Crippen LogP) is 3.00. The fourth-order valence-electron chi connectivity index (χ4n) is 2.24. The lowest BCUT2D eigenvalue weighted by Gasteiger charge is -2.23. The predicted molar refractivity (Wildman–Crippen MR) is 67.2 cm³/mol. The topological polar surface area (TPSA) is 43.4 Å². The van der Waals surface area contributed by atoms with Crippen molar-refractivity contribution in [3.8, 4) is 0 Å². The van der Waals surface area contributed by atoms with Gasteiger partial charge in [-0.1, -0.05) is 15.9 Å². The number of ether oxygens (including phenoxy) is 1. The van der Waals surface area contributed by atoms with Crippen LogP contribution in [0, 0.1) is 5.41 Å². The molecule has 1 aromatic carbocycles. The molecule has 0 heterocycles. The average Bonchev–Trinajstić information content (AvgIpc) is 2.63. The Morgan fingerprint density at radius 2 is 2.21 bits per heavy atom. The quantitative estimate of drug-likeness (QED) is 0.631. The number of halogens is 3. The lowest BCUT2D eigenvalue weighted by Crippen LogP contribution is -2.45. The average molecular weight is 333 g/mol. The van der Waals surface area contributed by atoms with Crippen LogP contribution in [0.4, 0.5) is 8.78 Å². The van der Waals surface area contributed by atoms with E-state index in [0.717, 1.165) is 0 Å². The highest BCUT2D eigenvalue weighted by Crippen LogP contribution is 2.43. The van der Waals surface area contributed by atoms with Gasteiger partial charge in [-0.05, 0) is 30.7 Å². The van der Waals surface area contributed by atoms with Crippen molar-refractivity contribution in [2.24, 2.45) is 5.41 Å². The molecule has 1 aliphatic carbocycles. The van der Waals surface area contributed by atoms with Crippen LogP contribution >= 0.6 is 15.9 Å². The van der Waals surface area contributed by atoms with Gasteiger partial charge in [-0.25, -0.2) is 8.78 Å². The molecule has 0 bridgehead atoms. The molecule has 0 radical (unpaired) electrons. The van der Waals surface area contributed by atoms with Crippen molar-refractivity contribution in [2.75, 3.05) is 6.61 Å². The van der Waals surface area contributed by atoms with E-state index in [4.69, 9.17) is 0 Å². The fourth-order valence-corrected chi connectivity index (χ4v) is 2.65. The molecule has 0 spiro atoms. The Kier molecular flexibility index (Phi) is 3.71. The highest BCUT2D eigenvalue weighted by molar-refractivity contribution is 9.10. The minimum atomic E-state index is -3.09. The Balaban J connectivity index is 2.50. The number of alkyl halides is 2. The monoisotopic (exact) mass is 332 g/mol. The van der Waals surface area contributed by atoms with Crippen molar-refractivity contribution >= 4 is 27.7 Å². The zero-order valence-corrected chi connectivity index (χ0v) is 11.7. The largest absolute Gasteiger partial charge is 0.465 e. The van der Waals surface area contributed by atoms with Crippen LogP contribution in [-0.4, -0.2) is 24.8 Å². The first kappa shape index (κ1) is 14.1. The van der Waals surface area contributed by atoms with Gasteiger partial charge in [-0.15, -0.1) is 0 Å². The Bertz CT molecular complexity index is 545. The first-order chi connectivity index (χ1) is 8.93. The number of rotatable bonds is 3. The summed E-state index contributed by atoms with van der Waals surface area (Å²) < 4.78 is 32.0. The van der Waals surface area contributed by atoms with E-state index in [2.05, 4.69) is 20.7 Å². The minimum Gasteiger partial charge on any atom is -0.465 e. The van der Waals surface area contributed by atoms with Crippen molar-refractivity contribution in [1.82, 2.24) is 0 Å². The summed E-state index contributed by atoms with van der Waals surface area (Å²) in [6, 6.07) is 4.62. The molecule has 2 rings (SSSR count). The SMILES string of the molecule is CCOC(=O)C1(C(F)F)Cc2cc(Br)ccc2C1=O. The molecule has 19 heavy (non-hydrogen) atoms. The van der Waals surface area contributed by atoms with Gasteiger partial charge in [-0.3, -0.25) is 9.59 Å². The van der Waals surface area contributed by atoms with Gasteiger partial charge >= 0.3 is 5.97 Å². The smallest absolute Gasteiger partial charge is 0.326 e. The third kappa shape index (κ3) is 2.08. The summed E-state index contributed by atoms with van der Waals surface area (Å²) in [4.78, 5) is 24.0. The maximum Gasteiger partial charge on any atom is 0.326 e. The summed E-state index contributed by atoms with van der Waals surface area (Å²) in [5.74, 6) is -2.01.